The van der Waals surface area contributed by atoms with E-state index >= 15 is 0 Å². The summed E-state index contributed by atoms with van der Waals surface area (Å²) in [4.78, 5) is 0. The van der Waals surface area contributed by atoms with Crippen LogP contribution in [0.15, 0.2) is 24.3 Å². The molecule has 1 aromatic carbocycles. The monoisotopic (exact) mass is 432 g/mol. The summed E-state index contributed by atoms with van der Waals surface area (Å²) in [5.41, 5.74) is 0.909. The molecule has 1 aromatic rings. The van der Waals surface area contributed by atoms with Crippen molar-refractivity contribution in [3.8, 4) is 5.75 Å². The van der Waals surface area contributed by atoms with Crippen molar-refractivity contribution >= 4 is 0 Å². The van der Waals surface area contributed by atoms with E-state index < -0.39 is 6.36 Å². The predicted molar refractivity (Wildman–Crippen MR) is 104 cm³/mol. The van der Waals surface area contributed by atoms with Crippen molar-refractivity contribution in [2.24, 2.45) is 11.8 Å². The molecule has 2 heterocycles. The molecule has 2 aliphatic rings. The fourth-order valence-corrected chi connectivity index (χ4v) is 3.76. The molecule has 2 aliphatic heterocycles. The zero-order chi connectivity index (χ0) is 21.4. The van der Waals surface area contributed by atoms with Crippen molar-refractivity contribution < 1.29 is 36.9 Å². The average Bonchev–Trinajstić information content (AvgIpc) is 2.73. The maximum Gasteiger partial charge on any atom is 0.573 e. The molecular formula is C22H31F3O5. The van der Waals surface area contributed by atoms with Crippen molar-refractivity contribution in [2.45, 2.75) is 64.4 Å². The maximum absolute atomic E-state index is 12.2. The molecule has 0 unspecified atom stereocenters. The number of ether oxygens (including phenoxy) is 5. The van der Waals surface area contributed by atoms with Crippen molar-refractivity contribution in [1.82, 2.24) is 0 Å². The van der Waals surface area contributed by atoms with Crippen molar-refractivity contribution in [2.75, 3.05) is 26.4 Å². The van der Waals surface area contributed by atoms with Crippen LogP contribution in [-0.2, 0) is 25.4 Å². The number of hydrogen-bond acceptors (Lipinski definition) is 5. The number of aryl methyl sites for hydroxylation is 1. The Kier molecular flexibility index (Phi) is 8.80. The van der Waals surface area contributed by atoms with E-state index in [1.54, 1.807) is 12.1 Å². The van der Waals surface area contributed by atoms with Crippen LogP contribution in [0.25, 0.3) is 0 Å². The molecule has 2 fully saturated rings. The third-order valence-electron chi connectivity index (χ3n) is 5.40. The van der Waals surface area contributed by atoms with Gasteiger partial charge < -0.3 is 23.7 Å². The van der Waals surface area contributed by atoms with Gasteiger partial charge in [0, 0.05) is 18.3 Å². The van der Waals surface area contributed by atoms with Crippen LogP contribution in [0.4, 0.5) is 13.2 Å². The molecule has 30 heavy (non-hydrogen) atoms. The lowest BCUT2D eigenvalue weighted by molar-refractivity contribution is -0.274. The molecule has 0 saturated carbocycles. The first kappa shape index (κ1) is 23.3. The summed E-state index contributed by atoms with van der Waals surface area (Å²) >= 11 is 0. The molecule has 0 spiro atoms. The second-order valence-electron chi connectivity index (χ2n) is 8.02. The van der Waals surface area contributed by atoms with Gasteiger partial charge in [-0.3, -0.25) is 0 Å². The topological polar surface area (TPSA) is 46.2 Å². The first-order chi connectivity index (χ1) is 14.4. The van der Waals surface area contributed by atoms with E-state index in [0.717, 1.165) is 44.5 Å². The quantitative estimate of drug-likeness (QED) is 0.545. The lowest BCUT2D eigenvalue weighted by Gasteiger charge is -2.32. The Morgan fingerprint density at radius 1 is 0.800 bits per heavy atom. The zero-order valence-electron chi connectivity index (χ0n) is 17.4. The highest BCUT2D eigenvalue weighted by Gasteiger charge is 2.31. The minimum absolute atomic E-state index is 0.125. The van der Waals surface area contributed by atoms with E-state index in [0.29, 0.717) is 37.9 Å². The average molecular weight is 432 g/mol. The third-order valence-corrected chi connectivity index (χ3v) is 5.40. The van der Waals surface area contributed by atoms with Gasteiger partial charge in [0.05, 0.1) is 26.4 Å². The molecule has 3 rings (SSSR count). The van der Waals surface area contributed by atoms with Gasteiger partial charge in [0.2, 0.25) is 0 Å². The second kappa shape index (κ2) is 11.3. The molecular weight excluding hydrogens is 401 g/mol. The Morgan fingerprint density at radius 3 is 1.87 bits per heavy atom. The van der Waals surface area contributed by atoms with E-state index in [1.807, 2.05) is 0 Å². The smallest absolute Gasteiger partial charge is 0.406 e. The summed E-state index contributed by atoms with van der Waals surface area (Å²) < 4.78 is 63.7. The Hall–Kier alpha value is -1.35. The SMILES string of the molecule is CCCC1COC(CCC2COC(CCc3ccc(OC(F)(F)F)cc3)OC2)OC1. The van der Waals surface area contributed by atoms with Crippen LogP contribution in [-0.4, -0.2) is 45.4 Å². The molecule has 0 bridgehead atoms. The van der Waals surface area contributed by atoms with Gasteiger partial charge in [-0.05, 0) is 43.4 Å². The molecule has 0 radical (unpaired) electrons. The van der Waals surface area contributed by atoms with Crippen LogP contribution in [0.5, 0.6) is 5.75 Å². The Bertz CT molecular complexity index is 606. The first-order valence-electron chi connectivity index (χ1n) is 10.7. The van der Waals surface area contributed by atoms with Gasteiger partial charge in [0.25, 0.3) is 0 Å². The molecule has 170 valence electrons. The molecule has 8 heteroatoms. The highest BCUT2D eigenvalue weighted by atomic mass is 19.4. The standard InChI is InChI=1S/C22H31F3O5/c1-2-3-17-12-26-21(27-13-17)11-7-18-14-28-20(29-15-18)10-6-16-4-8-19(9-5-16)30-22(23,24)25/h4-5,8-9,17-18,20-21H,2-3,6-7,10-15H2,1H3. The van der Waals surface area contributed by atoms with Crippen LogP contribution in [0, 0.1) is 11.8 Å². The molecule has 5 nitrogen and oxygen atoms in total. The summed E-state index contributed by atoms with van der Waals surface area (Å²) in [7, 11) is 0. The number of hydrogen-bond donors (Lipinski definition) is 0. The molecule has 0 N–H and O–H groups in total. The summed E-state index contributed by atoms with van der Waals surface area (Å²) in [6, 6.07) is 5.90. The largest absolute Gasteiger partial charge is 0.573 e. The number of benzene rings is 1. The number of rotatable bonds is 9. The molecule has 0 aliphatic carbocycles. The van der Waals surface area contributed by atoms with Gasteiger partial charge in [0.15, 0.2) is 12.6 Å². The van der Waals surface area contributed by atoms with E-state index in [9.17, 15) is 13.2 Å². The molecule has 0 aromatic heterocycles. The lowest BCUT2D eigenvalue weighted by Crippen LogP contribution is -2.35. The highest BCUT2D eigenvalue weighted by molar-refractivity contribution is 5.27. The minimum atomic E-state index is -4.67. The fourth-order valence-electron chi connectivity index (χ4n) is 3.76. The van der Waals surface area contributed by atoms with Gasteiger partial charge in [-0.2, -0.15) is 0 Å². The van der Waals surface area contributed by atoms with Gasteiger partial charge in [-0.1, -0.05) is 25.5 Å². The van der Waals surface area contributed by atoms with E-state index in [4.69, 9.17) is 18.9 Å². The van der Waals surface area contributed by atoms with E-state index in [-0.39, 0.29) is 18.3 Å². The highest BCUT2D eigenvalue weighted by Crippen LogP contribution is 2.25. The van der Waals surface area contributed by atoms with Crippen LogP contribution in [0.3, 0.4) is 0 Å². The van der Waals surface area contributed by atoms with Crippen LogP contribution >= 0.6 is 0 Å². The minimum Gasteiger partial charge on any atom is -0.406 e. The Morgan fingerprint density at radius 2 is 1.33 bits per heavy atom. The van der Waals surface area contributed by atoms with Crippen LogP contribution < -0.4 is 4.74 Å². The summed E-state index contributed by atoms with van der Waals surface area (Å²) in [6.07, 6.45) is 0.286. The van der Waals surface area contributed by atoms with E-state index in [2.05, 4.69) is 11.7 Å². The molecule has 2 saturated heterocycles. The van der Waals surface area contributed by atoms with Crippen molar-refractivity contribution in [1.29, 1.82) is 0 Å². The van der Waals surface area contributed by atoms with Crippen molar-refractivity contribution in [3.63, 3.8) is 0 Å². The van der Waals surface area contributed by atoms with Gasteiger partial charge in [-0.15, -0.1) is 13.2 Å². The van der Waals surface area contributed by atoms with Crippen molar-refractivity contribution in [3.05, 3.63) is 29.8 Å². The lowest BCUT2D eigenvalue weighted by atomic mass is 10.0. The van der Waals surface area contributed by atoms with Gasteiger partial charge in [0.1, 0.15) is 5.75 Å². The first-order valence-corrected chi connectivity index (χ1v) is 10.7. The number of halogens is 3. The summed E-state index contributed by atoms with van der Waals surface area (Å²) in [5, 5.41) is 0. The Labute approximate surface area is 175 Å². The molecule has 0 atom stereocenters. The second-order valence-corrected chi connectivity index (χ2v) is 8.02. The summed E-state index contributed by atoms with van der Waals surface area (Å²) in [6.45, 7) is 5.00. The van der Waals surface area contributed by atoms with Gasteiger partial charge in [-0.25, -0.2) is 0 Å². The maximum atomic E-state index is 12.2. The van der Waals surface area contributed by atoms with E-state index in [1.165, 1.54) is 12.1 Å². The van der Waals surface area contributed by atoms with Gasteiger partial charge >= 0.3 is 6.36 Å². The number of alkyl halides is 3. The predicted octanol–water partition coefficient (Wildman–Crippen LogP) is 5.08. The molecule has 0 amide bonds. The normalized spacial score (nSPS) is 27.7. The van der Waals surface area contributed by atoms with Crippen LogP contribution in [0.2, 0.25) is 0 Å². The zero-order valence-corrected chi connectivity index (χ0v) is 17.4. The fraction of sp³-hybridized carbons (Fsp3) is 0.727. The summed E-state index contributed by atoms with van der Waals surface area (Å²) in [5.74, 6) is 0.619. The Balaban J connectivity index is 1.29. The third kappa shape index (κ3) is 8.06. The van der Waals surface area contributed by atoms with Crippen LogP contribution in [0.1, 0.15) is 44.6 Å².